The maximum Gasteiger partial charge on any atom is 0.156 e. The van der Waals surface area contributed by atoms with Gasteiger partial charge >= 0.3 is 0 Å². The summed E-state index contributed by atoms with van der Waals surface area (Å²) < 4.78 is 13.1. The number of likely N-dealkylation sites (tertiary alicyclic amines) is 1. The molecule has 128 valence electrons. The Bertz CT molecular complexity index is 845. The molecule has 0 aliphatic carbocycles. The second kappa shape index (κ2) is 6.72. The largest absolute Gasteiger partial charge is 0.343 e. The Labute approximate surface area is 146 Å². The zero-order chi connectivity index (χ0) is 17.2. The predicted molar refractivity (Wildman–Crippen MR) is 93.1 cm³/mol. The minimum Gasteiger partial charge on any atom is -0.343 e. The van der Waals surface area contributed by atoms with Gasteiger partial charge in [0, 0.05) is 24.6 Å². The van der Waals surface area contributed by atoms with Gasteiger partial charge in [-0.1, -0.05) is 12.1 Å². The lowest BCUT2D eigenvalue weighted by Crippen LogP contribution is -2.24. The Kier molecular flexibility index (Phi) is 4.28. The molecule has 1 fully saturated rings. The molecule has 0 unspecified atom stereocenters. The van der Waals surface area contributed by atoms with Crippen LogP contribution < -0.4 is 0 Å². The maximum atomic E-state index is 13.1. The van der Waals surface area contributed by atoms with Crippen molar-refractivity contribution in [3.05, 3.63) is 65.6 Å². The van der Waals surface area contributed by atoms with Gasteiger partial charge in [0.15, 0.2) is 5.82 Å². The van der Waals surface area contributed by atoms with Gasteiger partial charge in [0.05, 0.1) is 6.04 Å². The highest BCUT2D eigenvalue weighted by atomic mass is 19.1. The average Bonchev–Trinajstić information content (AvgIpc) is 3.28. The van der Waals surface area contributed by atoms with E-state index in [-0.39, 0.29) is 11.9 Å². The normalized spacial score (nSPS) is 17.9. The maximum absolute atomic E-state index is 13.1. The molecule has 0 radical (unpaired) electrons. The third-order valence-corrected chi connectivity index (χ3v) is 4.57. The van der Waals surface area contributed by atoms with Gasteiger partial charge in [-0.05, 0) is 50.1 Å². The van der Waals surface area contributed by atoms with Crippen LogP contribution in [0, 0.1) is 12.7 Å². The first-order valence-corrected chi connectivity index (χ1v) is 8.53. The molecule has 6 heteroatoms. The number of aromatic nitrogens is 4. The number of nitrogens with one attached hydrogen (secondary N) is 1. The number of imidazole rings is 1. The van der Waals surface area contributed by atoms with Crippen LogP contribution in [0.4, 0.5) is 4.39 Å². The highest BCUT2D eigenvalue weighted by molar-refractivity contribution is 5.49. The Hall–Kier alpha value is -2.60. The van der Waals surface area contributed by atoms with Crippen LogP contribution in [-0.2, 0) is 6.54 Å². The molecule has 1 atom stereocenters. The van der Waals surface area contributed by atoms with Crippen LogP contribution in [0.5, 0.6) is 0 Å². The first kappa shape index (κ1) is 15.9. The summed E-state index contributed by atoms with van der Waals surface area (Å²) in [7, 11) is 0. The third kappa shape index (κ3) is 3.44. The van der Waals surface area contributed by atoms with Gasteiger partial charge in [0.1, 0.15) is 17.3 Å². The van der Waals surface area contributed by atoms with E-state index in [1.54, 1.807) is 12.4 Å². The summed E-state index contributed by atoms with van der Waals surface area (Å²) in [6, 6.07) is 8.84. The van der Waals surface area contributed by atoms with E-state index in [0.29, 0.717) is 0 Å². The Balaban J connectivity index is 1.60. The molecule has 3 heterocycles. The van der Waals surface area contributed by atoms with Crippen molar-refractivity contribution in [2.45, 2.75) is 32.4 Å². The Morgan fingerprint density at radius 3 is 2.84 bits per heavy atom. The van der Waals surface area contributed by atoms with Crippen LogP contribution >= 0.6 is 0 Å². The molecule has 2 aromatic heterocycles. The van der Waals surface area contributed by atoms with Crippen LogP contribution in [0.1, 0.15) is 36.0 Å². The summed E-state index contributed by atoms with van der Waals surface area (Å²) in [5.74, 6) is 1.40. The molecule has 1 aromatic carbocycles. The molecule has 25 heavy (non-hydrogen) atoms. The van der Waals surface area contributed by atoms with E-state index in [1.807, 2.05) is 25.1 Å². The van der Waals surface area contributed by atoms with Crippen LogP contribution in [0.15, 0.2) is 42.7 Å². The van der Waals surface area contributed by atoms with E-state index in [4.69, 9.17) is 4.98 Å². The summed E-state index contributed by atoms with van der Waals surface area (Å²) >= 11 is 0. The van der Waals surface area contributed by atoms with Crippen molar-refractivity contribution in [3.63, 3.8) is 0 Å². The smallest absolute Gasteiger partial charge is 0.156 e. The summed E-state index contributed by atoms with van der Waals surface area (Å²) in [6.45, 7) is 3.75. The fourth-order valence-corrected chi connectivity index (χ4v) is 3.40. The van der Waals surface area contributed by atoms with E-state index < -0.39 is 0 Å². The number of halogens is 1. The number of hydrogen-bond donors (Lipinski definition) is 1. The number of hydrogen-bond acceptors (Lipinski definition) is 4. The van der Waals surface area contributed by atoms with Crippen LogP contribution in [-0.4, -0.2) is 31.4 Å². The van der Waals surface area contributed by atoms with E-state index in [1.165, 1.54) is 12.1 Å². The lowest BCUT2D eigenvalue weighted by atomic mass is 10.1. The molecule has 1 aliphatic rings. The fraction of sp³-hybridized carbons (Fsp3) is 0.316. The number of H-pyrrole nitrogens is 1. The monoisotopic (exact) mass is 337 g/mol. The van der Waals surface area contributed by atoms with Gasteiger partial charge < -0.3 is 4.98 Å². The predicted octanol–water partition coefficient (Wildman–Crippen LogP) is 3.65. The fourth-order valence-electron chi connectivity index (χ4n) is 3.40. The van der Waals surface area contributed by atoms with Crippen molar-refractivity contribution in [3.8, 4) is 11.5 Å². The van der Waals surface area contributed by atoms with Crippen molar-refractivity contribution < 1.29 is 4.39 Å². The first-order chi connectivity index (χ1) is 12.2. The quantitative estimate of drug-likeness (QED) is 0.789. The van der Waals surface area contributed by atoms with Gasteiger partial charge in [0.2, 0.25) is 0 Å². The summed E-state index contributed by atoms with van der Waals surface area (Å²) in [5.41, 5.74) is 2.86. The third-order valence-electron chi connectivity index (χ3n) is 4.57. The number of benzene rings is 1. The molecule has 1 aliphatic heterocycles. The molecule has 5 nitrogen and oxygen atoms in total. The SMILES string of the molecule is Cc1cc(-c2ncc[nH]2)nc([C@@H]2CCCN2Cc2ccc(F)cc2)n1. The van der Waals surface area contributed by atoms with E-state index >= 15 is 0 Å². The Morgan fingerprint density at radius 1 is 1.24 bits per heavy atom. The van der Waals surface area contributed by atoms with Gasteiger partial charge in [-0.3, -0.25) is 4.90 Å². The zero-order valence-electron chi connectivity index (χ0n) is 14.1. The van der Waals surface area contributed by atoms with Crippen molar-refractivity contribution in [2.75, 3.05) is 6.54 Å². The topological polar surface area (TPSA) is 57.7 Å². The van der Waals surface area contributed by atoms with Crippen molar-refractivity contribution in [2.24, 2.45) is 0 Å². The highest BCUT2D eigenvalue weighted by Crippen LogP contribution is 2.32. The van der Waals surface area contributed by atoms with E-state index in [0.717, 1.165) is 54.5 Å². The zero-order valence-corrected chi connectivity index (χ0v) is 14.1. The molecule has 0 bridgehead atoms. The van der Waals surface area contributed by atoms with E-state index in [9.17, 15) is 4.39 Å². The lowest BCUT2D eigenvalue weighted by Gasteiger charge is -2.24. The van der Waals surface area contributed by atoms with Gasteiger partial charge in [-0.2, -0.15) is 0 Å². The van der Waals surface area contributed by atoms with E-state index in [2.05, 4.69) is 19.9 Å². The minimum absolute atomic E-state index is 0.179. The molecule has 0 spiro atoms. The number of nitrogens with zero attached hydrogens (tertiary/aromatic N) is 4. The molecule has 1 N–H and O–H groups in total. The molecule has 0 saturated carbocycles. The van der Waals surface area contributed by atoms with Crippen molar-refractivity contribution in [1.29, 1.82) is 0 Å². The molecular formula is C19H20FN5. The summed E-state index contributed by atoms with van der Waals surface area (Å²) in [5, 5.41) is 0. The molecule has 4 rings (SSSR count). The second-order valence-electron chi connectivity index (χ2n) is 6.45. The lowest BCUT2D eigenvalue weighted by molar-refractivity contribution is 0.239. The van der Waals surface area contributed by atoms with Crippen molar-refractivity contribution >= 4 is 0 Å². The number of rotatable bonds is 4. The van der Waals surface area contributed by atoms with Gasteiger partial charge in [-0.25, -0.2) is 19.3 Å². The standard InChI is InChI=1S/C19H20FN5/c1-13-11-16(18-21-8-9-22-18)24-19(23-13)17-3-2-10-25(17)12-14-4-6-15(20)7-5-14/h4-9,11,17H,2-3,10,12H2,1H3,(H,21,22)/t17-/m0/s1. The van der Waals surface area contributed by atoms with Gasteiger partial charge in [0.25, 0.3) is 0 Å². The second-order valence-corrected chi connectivity index (χ2v) is 6.45. The molecular weight excluding hydrogens is 317 g/mol. The van der Waals surface area contributed by atoms with Crippen LogP contribution in [0.25, 0.3) is 11.5 Å². The average molecular weight is 337 g/mol. The summed E-state index contributed by atoms with van der Waals surface area (Å²) in [4.78, 5) is 19.2. The first-order valence-electron chi connectivity index (χ1n) is 8.53. The summed E-state index contributed by atoms with van der Waals surface area (Å²) in [6.07, 6.45) is 5.66. The number of aryl methyl sites for hydroxylation is 1. The van der Waals surface area contributed by atoms with Crippen molar-refractivity contribution in [1.82, 2.24) is 24.8 Å². The molecule has 1 saturated heterocycles. The minimum atomic E-state index is -0.202. The van der Waals surface area contributed by atoms with Gasteiger partial charge in [-0.15, -0.1) is 0 Å². The highest BCUT2D eigenvalue weighted by Gasteiger charge is 2.29. The molecule has 3 aromatic rings. The van der Waals surface area contributed by atoms with Crippen LogP contribution in [0.3, 0.4) is 0 Å². The molecule has 0 amide bonds. The van der Waals surface area contributed by atoms with Crippen LogP contribution in [0.2, 0.25) is 0 Å². The number of aromatic amines is 1. The Morgan fingerprint density at radius 2 is 2.08 bits per heavy atom.